The predicted octanol–water partition coefficient (Wildman–Crippen LogP) is 2.63. The van der Waals surface area contributed by atoms with E-state index in [0.29, 0.717) is 11.6 Å². The molecule has 0 unspecified atom stereocenters. The summed E-state index contributed by atoms with van der Waals surface area (Å²) >= 11 is 11.3. The van der Waals surface area contributed by atoms with Crippen LogP contribution in [0, 0.1) is 5.92 Å². The van der Waals surface area contributed by atoms with Crippen LogP contribution in [-0.2, 0) is 0 Å². The minimum absolute atomic E-state index is 0.683. The molecule has 1 N–H and O–H groups in total. The van der Waals surface area contributed by atoms with Gasteiger partial charge in [0, 0.05) is 17.1 Å². The molecule has 0 amide bonds. The Morgan fingerprint density at radius 3 is 2.67 bits per heavy atom. The van der Waals surface area contributed by atoms with Crippen LogP contribution in [-0.4, -0.2) is 37.6 Å². The Morgan fingerprint density at radius 2 is 2.13 bits per heavy atom. The molecule has 1 aliphatic heterocycles. The average molecular weight is 251 g/mol. The van der Waals surface area contributed by atoms with Crippen molar-refractivity contribution in [3.05, 3.63) is 10.6 Å². The van der Waals surface area contributed by atoms with E-state index in [9.17, 15) is 0 Å². The SMILES string of the molecule is CCN1CCC(CNCC(Cl)=CCl)CC1. The Hall–Kier alpha value is 0.240. The number of halogens is 2. The Balaban J connectivity index is 2.08. The van der Waals surface area contributed by atoms with Gasteiger partial charge in [-0.05, 0) is 44.9 Å². The zero-order valence-electron chi connectivity index (χ0n) is 9.31. The first-order valence-corrected chi connectivity index (χ1v) is 6.45. The normalized spacial score (nSPS) is 20.9. The molecule has 0 atom stereocenters. The third kappa shape index (κ3) is 5.21. The summed E-state index contributed by atoms with van der Waals surface area (Å²) in [4.78, 5) is 2.50. The quantitative estimate of drug-likeness (QED) is 0.808. The van der Waals surface area contributed by atoms with E-state index in [2.05, 4.69) is 17.1 Å². The van der Waals surface area contributed by atoms with Crippen molar-refractivity contribution in [2.24, 2.45) is 5.92 Å². The molecule has 1 aliphatic rings. The van der Waals surface area contributed by atoms with Gasteiger partial charge >= 0.3 is 0 Å². The molecule has 1 fully saturated rings. The van der Waals surface area contributed by atoms with Gasteiger partial charge in [-0.3, -0.25) is 0 Å². The van der Waals surface area contributed by atoms with Crippen molar-refractivity contribution in [3.63, 3.8) is 0 Å². The van der Waals surface area contributed by atoms with Crippen molar-refractivity contribution in [2.75, 3.05) is 32.7 Å². The van der Waals surface area contributed by atoms with Gasteiger partial charge in [0.15, 0.2) is 0 Å². The fraction of sp³-hybridized carbons (Fsp3) is 0.818. The van der Waals surface area contributed by atoms with E-state index in [1.54, 1.807) is 0 Å². The molecule has 4 heteroatoms. The zero-order chi connectivity index (χ0) is 11.1. The van der Waals surface area contributed by atoms with Crippen LogP contribution in [0.5, 0.6) is 0 Å². The third-order valence-corrected chi connectivity index (χ3v) is 3.62. The van der Waals surface area contributed by atoms with Gasteiger partial charge in [0.1, 0.15) is 0 Å². The highest BCUT2D eigenvalue weighted by molar-refractivity contribution is 6.36. The zero-order valence-corrected chi connectivity index (χ0v) is 10.8. The number of hydrogen-bond donors (Lipinski definition) is 1. The van der Waals surface area contributed by atoms with Crippen LogP contribution in [0.3, 0.4) is 0 Å². The Kier molecular flexibility index (Phi) is 6.66. The number of nitrogens with zero attached hydrogens (tertiary/aromatic N) is 1. The third-order valence-electron chi connectivity index (χ3n) is 3.00. The molecule has 0 aromatic carbocycles. The second kappa shape index (κ2) is 7.50. The smallest absolute Gasteiger partial charge is 0.0431 e. The molecule has 0 saturated carbocycles. The molecule has 0 aromatic rings. The summed E-state index contributed by atoms with van der Waals surface area (Å²) in [5, 5.41) is 4.02. The Labute approximate surface area is 103 Å². The van der Waals surface area contributed by atoms with E-state index in [4.69, 9.17) is 23.2 Å². The maximum Gasteiger partial charge on any atom is 0.0431 e. The van der Waals surface area contributed by atoms with Crippen LogP contribution >= 0.6 is 23.2 Å². The van der Waals surface area contributed by atoms with Crippen molar-refractivity contribution in [3.8, 4) is 0 Å². The van der Waals surface area contributed by atoms with E-state index < -0.39 is 0 Å². The van der Waals surface area contributed by atoms with E-state index in [1.165, 1.54) is 38.0 Å². The second-order valence-electron chi connectivity index (χ2n) is 4.06. The number of hydrogen-bond acceptors (Lipinski definition) is 2. The van der Waals surface area contributed by atoms with Gasteiger partial charge in [0.25, 0.3) is 0 Å². The van der Waals surface area contributed by atoms with Gasteiger partial charge in [0.05, 0.1) is 0 Å². The summed E-state index contributed by atoms with van der Waals surface area (Å²) in [6, 6.07) is 0. The van der Waals surface area contributed by atoms with Crippen molar-refractivity contribution >= 4 is 23.2 Å². The Bertz CT molecular complexity index is 199. The maximum atomic E-state index is 5.79. The average Bonchev–Trinajstić information content (AvgIpc) is 2.29. The number of rotatable bonds is 5. The topological polar surface area (TPSA) is 15.3 Å². The molecule has 0 aromatic heterocycles. The number of likely N-dealkylation sites (tertiary alicyclic amines) is 1. The molecule has 0 radical (unpaired) electrons. The molecule has 1 saturated heterocycles. The van der Waals surface area contributed by atoms with Crippen molar-refractivity contribution in [1.82, 2.24) is 10.2 Å². The number of piperidine rings is 1. The molecule has 0 aliphatic carbocycles. The summed E-state index contributed by atoms with van der Waals surface area (Å²) in [5.74, 6) is 0.799. The molecule has 1 heterocycles. The fourth-order valence-corrected chi connectivity index (χ4v) is 2.11. The summed E-state index contributed by atoms with van der Waals surface area (Å²) in [6.45, 7) is 7.63. The van der Waals surface area contributed by atoms with E-state index in [1.807, 2.05) is 0 Å². The van der Waals surface area contributed by atoms with E-state index >= 15 is 0 Å². The number of nitrogens with one attached hydrogen (secondary N) is 1. The standard InChI is InChI=1S/C11H20Cl2N2/c1-2-15-5-3-10(4-6-15)8-14-9-11(13)7-12/h7,10,14H,2-6,8-9H2,1H3. The molecule has 0 spiro atoms. The van der Waals surface area contributed by atoms with E-state index in [-0.39, 0.29) is 0 Å². The van der Waals surface area contributed by atoms with Crippen LogP contribution in [0.25, 0.3) is 0 Å². The minimum atomic E-state index is 0.683. The first-order valence-electron chi connectivity index (χ1n) is 5.64. The van der Waals surface area contributed by atoms with Gasteiger partial charge in [-0.25, -0.2) is 0 Å². The summed E-state index contributed by atoms with van der Waals surface area (Å²) in [7, 11) is 0. The van der Waals surface area contributed by atoms with Crippen molar-refractivity contribution in [2.45, 2.75) is 19.8 Å². The highest BCUT2D eigenvalue weighted by Gasteiger charge is 2.17. The van der Waals surface area contributed by atoms with Crippen molar-refractivity contribution < 1.29 is 0 Å². The molecule has 2 nitrogen and oxygen atoms in total. The molecular weight excluding hydrogens is 231 g/mol. The molecular formula is C11H20Cl2N2. The van der Waals surface area contributed by atoms with Gasteiger partial charge < -0.3 is 10.2 Å². The lowest BCUT2D eigenvalue weighted by Crippen LogP contribution is -2.37. The minimum Gasteiger partial charge on any atom is -0.311 e. The fourth-order valence-electron chi connectivity index (χ4n) is 1.94. The summed E-state index contributed by atoms with van der Waals surface area (Å²) in [5.41, 5.74) is 1.42. The van der Waals surface area contributed by atoms with Crippen LogP contribution in [0.2, 0.25) is 0 Å². The second-order valence-corrected chi connectivity index (χ2v) is 4.77. The lowest BCUT2D eigenvalue weighted by molar-refractivity contribution is 0.191. The van der Waals surface area contributed by atoms with Crippen LogP contribution in [0.4, 0.5) is 0 Å². The first kappa shape index (κ1) is 13.3. The molecule has 88 valence electrons. The molecule has 15 heavy (non-hydrogen) atoms. The predicted molar refractivity (Wildman–Crippen MR) is 67.5 cm³/mol. The van der Waals surface area contributed by atoms with Gasteiger partial charge in [-0.15, -0.1) is 0 Å². The highest BCUT2D eigenvalue weighted by Crippen LogP contribution is 2.15. The molecule has 1 rings (SSSR count). The largest absolute Gasteiger partial charge is 0.311 e. The van der Waals surface area contributed by atoms with Crippen LogP contribution < -0.4 is 5.32 Å². The lowest BCUT2D eigenvalue weighted by Gasteiger charge is -2.31. The van der Waals surface area contributed by atoms with Crippen molar-refractivity contribution in [1.29, 1.82) is 0 Å². The van der Waals surface area contributed by atoms with Crippen LogP contribution in [0.1, 0.15) is 19.8 Å². The highest BCUT2D eigenvalue weighted by atomic mass is 35.5. The maximum absolute atomic E-state index is 5.79. The lowest BCUT2D eigenvalue weighted by atomic mass is 9.97. The summed E-state index contributed by atoms with van der Waals surface area (Å²) < 4.78 is 0. The van der Waals surface area contributed by atoms with Gasteiger partial charge in [-0.1, -0.05) is 30.1 Å². The summed E-state index contributed by atoms with van der Waals surface area (Å²) in [6.07, 6.45) is 2.59. The van der Waals surface area contributed by atoms with Gasteiger partial charge in [0.2, 0.25) is 0 Å². The monoisotopic (exact) mass is 250 g/mol. The van der Waals surface area contributed by atoms with E-state index in [0.717, 1.165) is 12.5 Å². The first-order chi connectivity index (χ1) is 7.26. The van der Waals surface area contributed by atoms with Gasteiger partial charge in [-0.2, -0.15) is 0 Å². The molecule has 0 bridgehead atoms. The Morgan fingerprint density at radius 1 is 1.47 bits per heavy atom. The van der Waals surface area contributed by atoms with Crippen LogP contribution in [0.15, 0.2) is 10.6 Å².